The zero-order valence-electron chi connectivity index (χ0n) is 14.1. The molecule has 0 aliphatic rings. The van der Waals surface area contributed by atoms with Crippen molar-refractivity contribution in [1.82, 2.24) is 0 Å². The van der Waals surface area contributed by atoms with Crippen LogP contribution in [0.3, 0.4) is 0 Å². The molecule has 0 aliphatic heterocycles. The number of nitrogens with one attached hydrogen (secondary N) is 1. The van der Waals surface area contributed by atoms with E-state index in [9.17, 15) is 16.8 Å². The van der Waals surface area contributed by atoms with Crippen molar-refractivity contribution in [2.75, 3.05) is 5.32 Å². The highest BCUT2D eigenvalue weighted by molar-refractivity contribution is 7.93. The number of anilines is 1. The van der Waals surface area contributed by atoms with Crippen LogP contribution in [0, 0.1) is 0 Å². The molecule has 7 nitrogen and oxygen atoms in total. The maximum absolute atomic E-state index is 12.6. The molecular weight excluding hydrogens is 442 g/mol. The lowest BCUT2D eigenvalue weighted by Gasteiger charge is -2.05. The van der Waals surface area contributed by atoms with Gasteiger partial charge in [-0.3, -0.25) is 0 Å². The normalized spacial score (nSPS) is 12.7. The average Bonchev–Trinajstić information content (AvgIpc) is 3.16. The number of rotatable bonds is 5. The quantitative estimate of drug-likeness (QED) is 0.449. The molecule has 0 saturated carbocycles. The third-order valence-electron chi connectivity index (χ3n) is 3.50. The minimum absolute atomic E-state index is 0.0733. The van der Waals surface area contributed by atoms with Crippen molar-refractivity contribution in [3.8, 4) is 0 Å². The fourth-order valence-electron chi connectivity index (χ4n) is 2.19. The van der Waals surface area contributed by atoms with Gasteiger partial charge >= 0.3 is 0 Å². The molecule has 3 aromatic rings. The zero-order valence-corrected chi connectivity index (χ0v) is 17.3. The highest BCUT2D eigenvalue weighted by Gasteiger charge is 2.24. The van der Waals surface area contributed by atoms with Crippen LogP contribution < -0.4 is 11.1 Å². The monoisotopic (exact) mass is 455 g/mol. The largest absolute Gasteiger partial charge is 0.369 e. The summed E-state index contributed by atoms with van der Waals surface area (Å²) in [5.41, 5.74) is 6.16. The van der Waals surface area contributed by atoms with E-state index in [1.807, 2.05) is 0 Å². The van der Waals surface area contributed by atoms with Gasteiger partial charge in [-0.05, 0) is 42.5 Å². The average molecular weight is 456 g/mol. The summed E-state index contributed by atoms with van der Waals surface area (Å²) in [6, 6.07) is 15.2. The molecule has 1 heterocycles. The second-order valence-electron chi connectivity index (χ2n) is 5.50. The summed E-state index contributed by atoms with van der Waals surface area (Å²) in [6.45, 7) is 0. The fraction of sp³-hybridized carbons (Fsp3) is 0. The van der Waals surface area contributed by atoms with Gasteiger partial charge in [0.2, 0.25) is 15.8 Å². The lowest BCUT2D eigenvalue weighted by Crippen LogP contribution is -2.23. The first-order valence-electron chi connectivity index (χ1n) is 7.70. The van der Waals surface area contributed by atoms with Crippen molar-refractivity contribution in [2.45, 2.75) is 14.0 Å². The second-order valence-corrected chi connectivity index (χ2v) is 10.6. The summed E-state index contributed by atoms with van der Waals surface area (Å²) in [6.07, 6.45) is 0. The summed E-state index contributed by atoms with van der Waals surface area (Å²) in [7, 11) is -8.00. The Morgan fingerprint density at radius 1 is 0.964 bits per heavy atom. The van der Waals surface area contributed by atoms with E-state index in [4.69, 9.17) is 17.3 Å². The van der Waals surface area contributed by atoms with E-state index in [1.165, 1.54) is 17.5 Å². The second kappa shape index (κ2) is 7.92. The van der Waals surface area contributed by atoms with Crippen molar-refractivity contribution in [1.29, 1.82) is 0 Å². The zero-order chi connectivity index (χ0) is 20.4. The van der Waals surface area contributed by atoms with E-state index in [2.05, 4.69) is 9.71 Å². The molecule has 1 aromatic heterocycles. The summed E-state index contributed by atoms with van der Waals surface area (Å²) in [5, 5.41) is 4.41. The Kier molecular flexibility index (Phi) is 5.75. The number of halogens is 1. The summed E-state index contributed by atoms with van der Waals surface area (Å²) in [4.78, 5) is -0.0501. The van der Waals surface area contributed by atoms with Gasteiger partial charge in [-0.25, -0.2) is 8.42 Å². The van der Waals surface area contributed by atoms with E-state index in [0.717, 1.165) is 17.4 Å². The maximum Gasteiger partial charge on any atom is 0.295 e. The SMILES string of the molecule is N/C(=N\S(=O)(=O)c1cc(S(=O)(=O)c2ccccc2)cs1)Nc1ccc(Cl)cc1. The molecule has 146 valence electrons. The summed E-state index contributed by atoms with van der Waals surface area (Å²) < 4.78 is 53.4. The first kappa shape index (κ1) is 20.3. The predicted octanol–water partition coefficient (Wildman–Crippen LogP) is 3.35. The molecular formula is C17H14ClN3O4S3. The van der Waals surface area contributed by atoms with Crippen molar-refractivity contribution in [3.05, 3.63) is 71.1 Å². The highest BCUT2D eigenvalue weighted by Crippen LogP contribution is 2.29. The first-order valence-corrected chi connectivity index (χ1v) is 11.9. The van der Waals surface area contributed by atoms with Crippen molar-refractivity contribution >= 4 is 54.4 Å². The van der Waals surface area contributed by atoms with Gasteiger partial charge in [0.25, 0.3) is 10.0 Å². The van der Waals surface area contributed by atoms with Crippen LogP contribution in [0.25, 0.3) is 0 Å². The number of thiophene rings is 1. The van der Waals surface area contributed by atoms with Gasteiger partial charge in [0.15, 0.2) is 0 Å². The van der Waals surface area contributed by atoms with E-state index in [0.29, 0.717) is 10.7 Å². The van der Waals surface area contributed by atoms with E-state index >= 15 is 0 Å². The smallest absolute Gasteiger partial charge is 0.295 e. The molecule has 0 unspecified atom stereocenters. The summed E-state index contributed by atoms with van der Waals surface area (Å²) >= 11 is 6.54. The number of benzene rings is 2. The topological polar surface area (TPSA) is 119 Å². The Morgan fingerprint density at radius 3 is 2.25 bits per heavy atom. The van der Waals surface area contributed by atoms with Crippen LogP contribution in [0.4, 0.5) is 5.69 Å². The van der Waals surface area contributed by atoms with Gasteiger partial charge in [0.05, 0.1) is 9.79 Å². The van der Waals surface area contributed by atoms with Crippen molar-refractivity contribution < 1.29 is 16.8 Å². The van der Waals surface area contributed by atoms with Crippen molar-refractivity contribution in [3.63, 3.8) is 0 Å². The number of nitrogens with zero attached hydrogens (tertiary/aromatic N) is 1. The van der Waals surface area contributed by atoms with Crippen LogP contribution in [0.15, 0.2) is 84.4 Å². The number of guanidine groups is 1. The Morgan fingerprint density at radius 2 is 1.61 bits per heavy atom. The molecule has 3 rings (SSSR count). The molecule has 0 radical (unpaired) electrons. The standard InChI is InChI=1S/C17H14ClN3O4S3/c18-12-6-8-13(9-7-12)20-17(19)21-28(24,25)16-10-15(11-26-16)27(22,23)14-4-2-1-3-5-14/h1-11H,(H3,19,20,21). The van der Waals surface area contributed by atoms with Crippen LogP contribution >= 0.6 is 22.9 Å². The molecule has 11 heteroatoms. The molecule has 0 saturated heterocycles. The molecule has 0 spiro atoms. The molecule has 2 aromatic carbocycles. The minimum Gasteiger partial charge on any atom is -0.369 e. The molecule has 0 aliphatic carbocycles. The van der Waals surface area contributed by atoms with Crippen LogP contribution in [0.1, 0.15) is 0 Å². The van der Waals surface area contributed by atoms with Gasteiger partial charge < -0.3 is 11.1 Å². The van der Waals surface area contributed by atoms with Gasteiger partial charge in [0.1, 0.15) is 4.21 Å². The Labute approximate surface area is 171 Å². The molecule has 0 amide bonds. The van der Waals surface area contributed by atoms with E-state index < -0.39 is 19.9 Å². The number of hydrogen-bond donors (Lipinski definition) is 2. The molecule has 0 bridgehead atoms. The number of hydrogen-bond acceptors (Lipinski definition) is 5. The van der Waals surface area contributed by atoms with Gasteiger partial charge in [-0.2, -0.15) is 8.42 Å². The first-order chi connectivity index (χ1) is 13.2. The lowest BCUT2D eigenvalue weighted by atomic mass is 10.3. The molecule has 0 fully saturated rings. The highest BCUT2D eigenvalue weighted by atomic mass is 35.5. The van der Waals surface area contributed by atoms with Crippen LogP contribution in [0.2, 0.25) is 5.02 Å². The third kappa shape index (κ3) is 4.53. The van der Waals surface area contributed by atoms with Crippen LogP contribution in [-0.4, -0.2) is 22.8 Å². The Hall–Kier alpha value is -2.40. The minimum atomic E-state index is -4.18. The van der Waals surface area contributed by atoms with Gasteiger partial charge in [-0.15, -0.1) is 15.7 Å². The van der Waals surface area contributed by atoms with E-state index in [1.54, 1.807) is 42.5 Å². The molecule has 3 N–H and O–H groups in total. The molecule has 28 heavy (non-hydrogen) atoms. The number of nitrogens with two attached hydrogens (primary N) is 1. The van der Waals surface area contributed by atoms with Gasteiger partial charge in [0, 0.05) is 16.1 Å². The lowest BCUT2D eigenvalue weighted by molar-refractivity contribution is 0.596. The predicted molar refractivity (Wildman–Crippen MR) is 110 cm³/mol. The summed E-state index contributed by atoms with van der Waals surface area (Å²) in [5.74, 6) is -0.358. The van der Waals surface area contributed by atoms with Gasteiger partial charge in [-0.1, -0.05) is 29.8 Å². The van der Waals surface area contributed by atoms with Crippen molar-refractivity contribution in [2.24, 2.45) is 10.1 Å². The maximum atomic E-state index is 12.6. The van der Waals surface area contributed by atoms with Crippen LogP contribution in [-0.2, 0) is 19.9 Å². The molecule has 0 atom stereocenters. The van der Waals surface area contributed by atoms with Crippen LogP contribution in [0.5, 0.6) is 0 Å². The Bertz CT molecular complexity index is 1220. The number of sulfonamides is 1. The number of sulfone groups is 1. The van der Waals surface area contributed by atoms with E-state index in [-0.39, 0.29) is 20.0 Å². The third-order valence-corrected chi connectivity index (χ3v) is 8.36. The fourth-order valence-corrected chi connectivity index (χ4v) is 6.09. The Balaban J connectivity index is 1.86.